The molecule has 0 fully saturated rings. The molecule has 0 spiro atoms. The summed E-state index contributed by atoms with van der Waals surface area (Å²) in [5, 5.41) is 13.8. The number of aromatic amines is 1. The third-order valence-corrected chi connectivity index (χ3v) is 2.40. The number of H-pyrrole nitrogens is 1. The van der Waals surface area contributed by atoms with Gasteiger partial charge in [-0.3, -0.25) is 4.79 Å². The minimum Gasteiger partial charge on any atom is -0.493 e. The van der Waals surface area contributed by atoms with E-state index in [4.69, 9.17) is 4.74 Å². The highest BCUT2D eigenvalue weighted by molar-refractivity contribution is 5.41. The summed E-state index contributed by atoms with van der Waals surface area (Å²) in [5.41, 5.74) is 0.549. The lowest BCUT2D eigenvalue weighted by Gasteiger charge is -2.04. The molecule has 0 saturated carbocycles. The summed E-state index contributed by atoms with van der Waals surface area (Å²) in [7, 11) is 1.60. The molecule has 2 N–H and O–H groups in total. The first-order chi connectivity index (χ1) is 7.74. The highest BCUT2D eigenvalue weighted by atomic mass is 16.5. The lowest BCUT2D eigenvalue weighted by molar-refractivity contribution is 0.194. The van der Waals surface area contributed by atoms with Crippen molar-refractivity contribution in [3.63, 3.8) is 0 Å². The van der Waals surface area contributed by atoms with Crippen LogP contribution in [-0.4, -0.2) is 33.4 Å². The van der Waals surface area contributed by atoms with Gasteiger partial charge < -0.3 is 14.8 Å². The zero-order valence-corrected chi connectivity index (χ0v) is 8.93. The summed E-state index contributed by atoms with van der Waals surface area (Å²) in [5.74, 6) is -0.0974. The van der Waals surface area contributed by atoms with Gasteiger partial charge in [-0.2, -0.15) is 9.61 Å². The second kappa shape index (κ2) is 4.36. The van der Waals surface area contributed by atoms with Gasteiger partial charge in [-0.25, -0.2) is 0 Å². The number of ether oxygens (including phenoxy) is 1. The normalized spacial score (nSPS) is 11.1. The van der Waals surface area contributed by atoms with Crippen LogP contribution in [0.25, 0.3) is 5.65 Å². The summed E-state index contributed by atoms with van der Waals surface area (Å²) in [6, 6.07) is 1.63. The monoisotopic (exact) mass is 223 g/mol. The number of nitrogens with zero attached hydrogens (tertiary/aromatic N) is 2. The molecule has 2 aromatic rings. The Bertz CT molecular complexity index is 544. The second-order valence-electron chi connectivity index (χ2n) is 3.48. The molecule has 6 heteroatoms. The van der Waals surface area contributed by atoms with Crippen LogP contribution in [0.4, 0.5) is 0 Å². The molecular formula is C10H13N3O3. The third kappa shape index (κ3) is 1.79. The zero-order valence-electron chi connectivity index (χ0n) is 8.93. The van der Waals surface area contributed by atoms with Gasteiger partial charge in [-0.05, 0) is 12.8 Å². The van der Waals surface area contributed by atoms with E-state index in [2.05, 4.69) is 10.1 Å². The van der Waals surface area contributed by atoms with Crippen molar-refractivity contribution in [1.29, 1.82) is 0 Å². The molecule has 0 aliphatic heterocycles. The smallest absolute Gasteiger partial charge is 0.258 e. The fourth-order valence-corrected chi connectivity index (χ4v) is 1.61. The Labute approximate surface area is 91.5 Å². The number of hydrogen-bond donors (Lipinski definition) is 2. The molecular weight excluding hydrogens is 210 g/mol. The van der Waals surface area contributed by atoms with Crippen molar-refractivity contribution < 1.29 is 9.84 Å². The van der Waals surface area contributed by atoms with Gasteiger partial charge in [-0.1, -0.05) is 0 Å². The van der Waals surface area contributed by atoms with Crippen molar-refractivity contribution in [3.05, 3.63) is 28.2 Å². The zero-order chi connectivity index (χ0) is 11.5. The number of hydrogen-bond acceptors (Lipinski definition) is 4. The minimum atomic E-state index is -0.276. The van der Waals surface area contributed by atoms with Gasteiger partial charge in [0.15, 0.2) is 0 Å². The van der Waals surface area contributed by atoms with E-state index >= 15 is 0 Å². The molecule has 0 radical (unpaired) electrons. The van der Waals surface area contributed by atoms with Gasteiger partial charge >= 0.3 is 0 Å². The summed E-state index contributed by atoms with van der Waals surface area (Å²) in [6.45, 7) is 0.552. The Morgan fingerprint density at radius 3 is 3.19 bits per heavy atom. The summed E-state index contributed by atoms with van der Waals surface area (Å²) in [4.78, 5) is 14.3. The van der Waals surface area contributed by atoms with Crippen LogP contribution >= 0.6 is 0 Å². The molecule has 6 nitrogen and oxygen atoms in total. The Balaban J connectivity index is 2.39. The summed E-state index contributed by atoms with van der Waals surface area (Å²) < 4.78 is 6.21. The van der Waals surface area contributed by atoms with Gasteiger partial charge in [0, 0.05) is 19.8 Å². The Hall–Kier alpha value is -1.82. The highest BCUT2D eigenvalue weighted by Crippen LogP contribution is 2.14. The predicted molar refractivity (Wildman–Crippen MR) is 57.7 cm³/mol. The van der Waals surface area contributed by atoms with Crippen molar-refractivity contribution in [2.75, 3.05) is 13.7 Å². The minimum absolute atomic E-state index is 0.0974. The number of methoxy groups -OCH3 is 1. The molecule has 0 unspecified atom stereocenters. The van der Waals surface area contributed by atoms with Crippen LogP contribution in [-0.2, 0) is 11.2 Å². The van der Waals surface area contributed by atoms with Crippen LogP contribution in [0.2, 0.25) is 0 Å². The van der Waals surface area contributed by atoms with Crippen LogP contribution in [0, 0.1) is 0 Å². The number of nitrogens with one attached hydrogen (secondary N) is 1. The van der Waals surface area contributed by atoms with Crippen molar-refractivity contribution in [2.45, 2.75) is 12.8 Å². The van der Waals surface area contributed by atoms with E-state index in [9.17, 15) is 9.90 Å². The average molecular weight is 223 g/mol. The third-order valence-electron chi connectivity index (χ3n) is 2.40. The van der Waals surface area contributed by atoms with E-state index < -0.39 is 0 Å². The number of aromatic nitrogens is 3. The quantitative estimate of drug-likeness (QED) is 0.731. The topological polar surface area (TPSA) is 79.6 Å². The van der Waals surface area contributed by atoms with Gasteiger partial charge in [0.25, 0.3) is 5.56 Å². The van der Waals surface area contributed by atoms with E-state index in [1.807, 2.05) is 0 Å². The Morgan fingerprint density at radius 2 is 2.44 bits per heavy atom. The van der Waals surface area contributed by atoms with Crippen LogP contribution in [0.3, 0.4) is 0 Å². The molecule has 0 amide bonds. The molecule has 2 heterocycles. The molecule has 0 aliphatic carbocycles. The van der Waals surface area contributed by atoms with Gasteiger partial charge in [0.05, 0.1) is 11.8 Å². The fraction of sp³-hybridized carbons (Fsp3) is 0.400. The lowest BCUT2D eigenvalue weighted by atomic mass is 10.2. The van der Waals surface area contributed by atoms with E-state index in [0.29, 0.717) is 30.7 Å². The van der Waals surface area contributed by atoms with Crippen molar-refractivity contribution in [3.8, 4) is 5.88 Å². The molecule has 0 saturated heterocycles. The van der Waals surface area contributed by atoms with Crippen LogP contribution in [0.1, 0.15) is 12.0 Å². The maximum absolute atomic E-state index is 11.6. The van der Waals surface area contributed by atoms with Crippen LogP contribution < -0.4 is 5.56 Å². The van der Waals surface area contributed by atoms with E-state index in [1.165, 1.54) is 10.7 Å². The molecule has 2 aromatic heterocycles. The van der Waals surface area contributed by atoms with Crippen LogP contribution in [0.15, 0.2) is 17.1 Å². The molecule has 0 aliphatic rings. The fourth-order valence-electron chi connectivity index (χ4n) is 1.61. The van der Waals surface area contributed by atoms with Crippen LogP contribution in [0.5, 0.6) is 5.88 Å². The van der Waals surface area contributed by atoms with E-state index in [0.717, 1.165) is 0 Å². The molecule has 2 rings (SSSR count). The van der Waals surface area contributed by atoms with Gasteiger partial charge in [0.2, 0.25) is 5.88 Å². The first-order valence-electron chi connectivity index (χ1n) is 5.01. The van der Waals surface area contributed by atoms with Crippen molar-refractivity contribution in [2.24, 2.45) is 0 Å². The summed E-state index contributed by atoms with van der Waals surface area (Å²) in [6.07, 6.45) is 2.66. The van der Waals surface area contributed by atoms with Gasteiger partial charge in [0.1, 0.15) is 5.65 Å². The SMILES string of the molecule is COCCCc1c(O)n2nccc2[nH]c1=O. The largest absolute Gasteiger partial charge is 0.493 e. The van der Waals surface area contributed by atoms with Crippen molar-refractivity contribution >= 4 is 5.65 Å². The van der Waals surface area contributed by atoms with Crippen molar-refractivity contribution in [1.82, 2.24) is 14.6 Å². The maximum Gasteiger partial charge on any atom is 0.258 e. The standard InChI is InChI=1S/C10H13N3O3/c1-16-6-2-3-7-9(14)12-8-4-5-11-13(8)10(7)15/h4-5,15H,2-3,6H2,1H3,(H,12,14). The first-order valence-corrected chi connectivity index (χ1v) is 5.01. The number of fused-ring (bicyclic) bond motifs is 1. The molecule has 0 atom stereocenters. The van der Waals surface area contributed by atoms with E-state index in [1.54, 1.807) is 13.2 Å². The second-order valence-corrected chi connectivity index (χ2v) is 3.48. The predicted octanol–water partition coefficient (Wildman–Crippen LogP) is 0.307. The Morgan fingerprint density at radius 1 is 1.62 bits per heavy atom. The lowest BCUT2D eigenvalue weighted by Crippen LogP contribution is -2.16. The van der Waals surface area contributed by atoms with E-state index in [-0.39, 0.29) is 11.4 Å². The summed E-state index contributed by atoms with van der Waals surface area (Å²) >= 11 is 0. The average Bonchev–Trinajstić information content (AvgIpc) is 2.71. The molecule has 16 heavy (non-hydrogen) atoms. The van der Waals surface area contributed by atoms with Gasteiger partial charge in [-0.15, -0.1) is 0 Å². The molecule has 0 aromatic carbocycles. The molecule has 0 bridgehead atoms. The number of rotatable bonds is 4. The first kappa shape index (κ1) is 10.7. The Kier molecular flexibility index (Phi) is 2.91. The maximum atomic E-state index is 11.6. The molecule has 86 valence electrons. The number of aromatic hydroxyl groups is 1. The highest BCUT2D eigenvalue weighted by Gasteiger charge is 2.11.